The lowest BCUT2D eigenvalue weighted by Crippen LogP contribution is -2.40. The van der Waals surface area contributed by atoms with Gasteiger partial charge in [0.1, 0.15) is 5.69 Å². The number of carbonyl (C=O) groups is 1. The molecular weight excluding hydrogens is 271 g/mol. The minimum Gasteiger partial charge on any atom is -0.324 e. The maximum Gasteiger partial charge on any atom is 0.433 e. The van der Waals surface area contributed by atoms with Crippen LogP contribution in [-0.4, -0.2) is 23.5 Å². The van der Waals surface area contributed by atoms with Crippen LogP contribution in [0.1, 0.15) is 25.5 Å². The van der Waals surface area contributed by atoms with Gasteiger partial charge < -0.3 is 10.6 Å². The number of carbonyl (C=O) groups excluding carboxylic acids is 1. The van der Waals surface area contributed by atoms with E-state index in [-0.39, 0.29) is 23.6 Å². The average Bonchev–Trinajstić information content (AvgIpc) is 2.38. The van der Waals surface area contributed by atoms with Crippen molar-refractivity contribution >= 4 is 11.6 Å². The van der Waals surface area contributed by atoms with Crippen LogP contribution in [0.5, 0.6) is 0 Å². The zero-order valence-electron chi connectivity index (χ0n) is 11.0. The molecule has 0 aliphatic carbocycles. The second-order valence-corrected chi connectivity index (χ2v) is 5.00. The lowest BCUT2D eigenvalue weighted by molar-refractivity contribution is -0.141. The monoisotopic (exact) mass is 287 g/mol. The molecule has 1 aliphatic rings. The van der Waals surface area contributed by atoms with Gasteiger partial charge in [0.25, 0.3) is 0 Å². The molecule has 7 heteroatoms. The molecule has 2 N–H and O–H groups in total. The van der Waals surface area contributed by atoms with Crippen molar-refractivity contribution in [3.63, 3.8) is 0 Å². The minimum absolute atomic E-state index is 0.117. The Kier molecular flexibility index (Phi) is 4.27. The van der Waals surface area contributed by atoms with Crippen LogP contribution in [0.3, 0.4) is 0 Å². The summed E-state index contributed by atoms with van der Waals surface area (Å²) in [6.07, 6.45) is -1.98. The minimum atomic E-state index is -4.47. The second kappa shape index (κ2) is 5.78. The van der Waals surface area contributed by atoms with E-state index in [0.717, 1.165) is 31.6 Å². The Morgan fingerprint density at radius 3 is 2.75 bits per heavy atom. The number of nitrogens with zero attached hydrogens (tertiary/aromatic N) is 1. The topological polar surface area (TPSA) is 54.0 Å². The molecule has 2 rings (SSSR count). The summed E-state index contributed by atoms with van der Waals surface area (Å²) in [7, 11) is 0. The van der Waals surface area contributed by atoms with Gasteiger partial charge in [-0.1, -0.05) is 0 Å². The summed E-state index contributed by atoms with van der Waals surface area (Å²) < 4.78 is 37.1. The van der Waals surface area contributed by atoms with Gasteiger partial charge in [0.15, 0.2) is 0 Å². The maximum absolute atomic E-state index is 12.4. The lowest BCUT2D eigenvalue weighted by atomic mass is 9.92. The summed E-state index contributed by atoms with van der Waals surface area (Å²) in [5, 5.41) is 5.85. The van der Waals surface area contributed by atoms with Gasteiger partial charge >= 0.3 is 6.18 Å². The summed E-state index contributed by atoms with van der Waals surface area (Å²) >= 11 is 0. The largest absolute Gasteiger partial charge is 0.433 e. The van der Waals surface area contributed by atoms with Crippen molar-refractivity contribution in [2.75, 3.05) is 11.9 Å². The molecule has 4 nitrogen and oxygen atoms in total. The van der Waals surface area contributed by atoms with Crippen LogP contribution in [-0.2, 0) is 11.0 Å². The van der Waals surface area contributed by atoms with Gasteiger partial charge in [-0.2, -0.15) is 13.2 Å². The van der Waals surface area contributed by atoms with E-state index in [2.05, 4.69) is 15.6 Å². The Labute approximate surface area is 114 Å². The number of hydrogen-bond acceptors (Lipinski definition) is 3. The first-order chi connectivity index (χ1) is 9.36. The van der Waals surface area contributed by atoms with Gasteiger partial charge in [0.2, 0.25) is 5.91 Å². The number of anilines is 1. The van der Waals surface area contributed by atoms with Crippen LogP contribution in [0.25, 0.3) is 0 Å². The molecule has 1 aromatic heterocycles. The third kappa shape index (κ3) is 3.69. The predicted octanol–water partition coefficient (Wildman–Crippen LogP) is 2.43. The van der Waals surface area contributed by atoms with E-state index in [0.29, 0.717) is 0 Å². The normalized spacial score (nSPS) is 23.4. The van der Waals surface area contributed by atoms with Crippen LogP contribution >= 0.6 is 0 Å². The van der Waals surface area contributed by atoms with Gasteiger partial charge in [0.05, 0.1) is 11.9 Å². The first-order valence-corrected chi connectivity index (χ1v) is 6.44. The molecule has 1 fully saturated rings. The molecule has 0 aromatic carbocycles. The Hall–Kier alpha value is -1.63. The number of aromatic nitrogens is 1. The summed E-state index contributed by atoms with van der Waals surface area (Å²) in [6.45, 7) is 2.77. The predicted molar refractivity (Wildman–Crippen MR) is 68.1 cm³/mol. The van der Waals surface area contributed by atoms with Gasteiger partial charge in [0, 0.05) is 12.0 Å². The third-order valence-electron chi connectivity index (χ3n) is 3.32. The molecule has 1 amide bonds. The van der Waals surface area contributed by atoms with Gasteiger partial charge in [-0.15, -0.1) is 0 Å². The smallest absolute Gasteiger partial charge is 0.324 e. The summed E-state index contributed by atoms with van der Waals surface area (Å²) in [5.41, 5.74) is -0.680. The van der Waals surface area contributed by atoms with Crippen molar-refractivity contribution in [1.29, 1.82) is 0 Å². The number of amides is 1. The van der Waals surface area contributed by atoms with Crippen molar-refractivity contribution in [3.05, 3.63) is 24.0 Å². The van der Waals surface area contributed by atoms with Gasteiger partial charge in [-0.05, 0) is 38.4 Å². The molecular formula is C13H16F3N3O. The number of pyridine rings is 1. The molecule has 1 saturated heterocycles. The van der Waals surface area contributed by atoms with Crippen LogP contribution in [0.2, 0.25) is 0 Å². The molecule has 110 valence electrons. The van der Waals surface area contributed by atoms with E-state index in [4.69, 9.17) is 0 Å². The number of halogens is 3. The van der Waals surface area contributed by atoms with E-state index in [1.54, 1.807) is 0 Å². The molecule has 2 unspecified atom stereocenters. The molecule has 1 aromatic rings. The van der Waals surface area contributed by atoms with Crippen LogP contribution in [0, 0.1) is 5.92 Å². The number of hydrogen-bond donors (Lipinski definition) is 2. The van der Waals surface area contributed by atoms with Crippen molar-refractivity contribution in [1.82, 2.24) is 10.3 Å². The number of alkyl halides is 3. The number of rotatable bonds is 2. The van der Waals surface area contributed by atoms with E-state index in [1.807, 2.05) is 6.92 Å². The fourth-order valence-electron chi connectivity index (χ4n) is 2.25. The molecule has 0 saturated carbocycles. The fourth-order valence-corrected chi connectivity index (χ4v) is 2.25. The molecule has 2 heterocycles. The van der Waals surface area contributed by atoms with E-state index in [1.165, 1.54) is 6.07 Å². The first kappa shape index (κ1) is 14.8. The van der Waals surface area contributed by atoms with Crippen molar-refractivity contribution in [2.24, 2.45) is 5.92 Å². The van der Waals surface area contributed by atoms with Crippen LogP contribution < -0.4 is 10.6 Å². The zero-order chi connectivity index (χ0) is 14.8. The van der Waals surface area contributed by atoms with Crippen LogP contribution in [0.15, 0.2) is 18.3 Å². The van der Waals surface area contributed by atoms with Crippen molar-refractivity contribution in [3.8, 4) is 0 Å². The molecule has 2 atom stereocenters. The quantitative estimate of drug-likeness (QED) is 0.878. The van der Waals surface area contributed by atoms with Crippen molar-refractivity contribution < 1.29 is 18.0 Å². The average molecular weight is 287 g/mol. The van der Waals surface area contributed by atoms with Gasteiger partial charge in [-0.25, -0.2) is 4.98 Å². The summed E-state index contributed by atoms with van der Waals surface area (Å²) in [4.78, 5) is 15.3. The SMILES string of the molecule is CC1CC(C(=O)Nc2ccc(C(F)(F)F)nc2)CCN1. The Balaban J connectivity index is 1.97. The molecule has 1 aliphatic heterocycles. The molecule has 0 bridgehead atoms. The van der Waals surface area contributed by atoms with Crippen molar-refractivity contribution in [2.45, 2.75) is 32.0 Å². The maximum atomic E-state index is 12.4. The molecule has 0 spiro atoms. The fraction of sp³-hybridized carbons (Fsp3) is 0.538. The highest BCUT2D eigenvalue weighted by Crippen LogP contribution is 2.28. The Morgan fingerprint density at radius 2 is 2.20 bits per heavy atom. The van der Waals surface area contributed by atoms with E-state index in [9.17, 15) is 18.0 Å². The third-order valence-corrected chi connectivity index (χ3v) is 3.32. The van der Waals surface area contributed by atoms with Crippen LogP contribution in [0.4, 0.5) is 18.9 Å². The molecule has 0 radical (unpaired) electrons. The Morgan fingerprint density at radius 1 is 1.45 bits per heavy atom. The summed E-state index contributed by atoms with van der Waals surface area (Å²) in [6, 6.07) is 2.35. The number of piperidine rings is 1. The summed E-state index contributed by atoms with van der Waals surface area (Å²) in [5.74, 6) is -0.284. The second-order valence-electron chi connectivity index (χ2n) is 5.00. The highest BCUT2D eigenvalue weighted by Gasteiger charge is 2.32. The molecule has 20 heavy (non-hydrogen) atoms. The standard InChI is InChI=1S/C13H16F3N3O/c1-8-6-9(4-5-17-8)12(20)19-10-2-3-11(18-7-10)13(14,15)16/h2-3,7-9,17H,4-6H2,1H3,(H,19,20). The lowest BCUT2D eigenvalue weighted by Gasteiger charge is -2.27. The highest BCUT2D eigenvalue weighted by atomic mass is 19.4. The number of nitrogens with one attached hydrogen (secondary N) is 2. The van der Waals surface area contributed by atoms with E-state index < -0.39 is 11.9 Å². The highest BCUT2D eigenvalue weighted by molar-refractivity contribution is 5.92. The zero-order valence-corrected chi connectivity index (χ0v) is 11.0. The van der Waals surface area contributed by atoms with Gasteiger partial charge in [-0.3, -0.25) is 4.79 Å². The van der Waals surface area contributed by atoms with E-state index >= 15 is 0 Å². The first-order valence-electron chi connectivity index (χ1n) is 6.44. The Bertz CT molecular complexity index is 473.